The molecular formula is C10H17N5O2S. The first kappa shape index (κ1) is 13.2. The van der Waals surface area contributed by atoms with E-state index < -0.39 is 0 Å². The number of carbonyl (C=O) groups is 1. The molecule has 1 amide bonds. The van der Waals surface area contributed by atoms with E-state index >= 15 is 0 Å². The Labute approximate surface area is 110 Å². The Morgan fingerprint density at radius 3 is 3.00 bits per heavy atom. The summed E-state index contributed by atoms with van der Waals surface area (Å²) in [5.74, 6) is 0.792. The van der Waals surface area contributed by atoms with Gasteiger partial charge in [0.05, 0.1) is 18.5 Å². The van der Waals surface area contributed by atoms with E-state index in [0.29, 0.717) is 36.6 Å². The Morgan fingerprint density at radius 1 is 1.61 bits per heavy atom. The van der Waals surface area contributed by atoms with Crippen molar-refractivity contribution in [2.45, 2.75) is 18.2 Å². The molecule has 2 heterocycles. The van der Waals surface area contributed by atoms with Crippen LogP contribution in [0.2, 0.25) is 0 Å². The number of morpholine rings is 1. The average Bonchev–Trinajstić information content (AvgIpc) is 2.67. The van der Waals surface area contributed by atoms with Gasteiger partial charge in [-0.1, -0.05) is 11.8 Å². The summed E-state index contributed by atoms with van der Waals surface area (Å²) in [6.07, 6.45) is 0.109. The fourth-order valence-corrected chi connectivity index (χ4v) is 2.54. The number of aromatic nitrogens is 3. The Morgan fingerprint density at radius 2 is 2.39 bits per heavy atom. The van der Waals surface area contributed by atoms with Gasteiger partial charge in [-0.25, -0.2) is 0 Å². The molecule has 18 heavy (non-hydrogen) atoms. The number of rotatable bonds is 3. The SMILES string of the molecule is CC1CN(C(=O)CSc2nnc(N)n2C)CCO1. The van der Waals surface area contributed by atoms with Crippen LogP contribution in [0.25, 0.3) is 0 Å². The average molecular weight is 271 g/mol. The third-order valence-corrected chi connectivity index (χ3v) is 3.79. The molecule has 100 valence electrons. The van der Waals surface area contributed by atoms with Crippen molar-refractivity contribution in [2.24, 2.45) is 7.05 Å². The Bertz CT molecular complexity index is 436. The van der Waals surface area contributed by atoms with E-state index in [-0.39, 0.29) is 12.0 Å². The molecule has 0 aliphatic carbocycles. The third kappa shape index (κ3) is 2.94. The Balaban J connectivity index is 1.86. The zero-order valence-electron chi connectivity index (χ0n) is 10.5. The van der Waals surface area contributed by atoms with Crippen LogP contribution in [0.4, 0.5) is 5.95 Å². The highest BCUT2D eigenvalue weighted by Gasteiger charge is 2.21. The molecule has 1 atom stereocenters. The number of thioether (sulfide) groups is 1. The lowest BCUT2D eigenvalue weighted by atomic mass is 10.3. The monoisotopic (exact) mass is 271 g/mol. The minimum atomic E-state index is 0.0942. The van der Waals surface area contributed by atoms with Crippen molar-refractivity contribution in [3.63, 3.8) is 0 Å². The van der Waals surface area contributed by atoms with Gasteiger partial charge in [-0.2, -0.15) is 0 Å². The number of carbonyl (C=O) groups excluding carboxylic acids is 1. The molecule has 1 saturated heterocycles. The molecule has 7 nitrogen and oxygen atoms in total. The van der Waals surface area contributed by atoms with Crippen molar-refractivity contribution in [3.05, 3.63) is 0 Å². The van der Waals surface area contributed by atoms with Crippen LogP contribution in [0.15, 0.2) is 5.16 Å². The quantitative estimate of drug-likeness (QED) is 0.762. The molecule has 0 saturated carbocycles. The van der Waals surface area contributed by atoms with Crippen LogP contribution >= 0.6 is 11.8 Å². The molecule has 1 aliphatic heterocycles. The maximum Gasteiger partial charge on any atom is 0.233 e. The van der Waals surface area contributed by atoms with Crippen molar-refractivity contribution in [1.82, 2.24) is 19.7 Å². The number of nitrogens with two attached hydrogens (primary N) is 1. The van der Waals surface area contributed by atoms with Gasteiger partial charge in [-0.05, 0) is 6.92 Å². The first-order chi connectivity index (χ1) is 8.58. The second-order valence-corrected chi connectivity index (χ2v) is 5.15. The van der Waals surface area contributed by atoms with Crippen LogP contribution in [-0.4, -0.2) is 57.1 Å². The highest BCUT2D eigenvalue weighted by Crippen LogP contribution is 2.17. The lowest BCUT2D eigenvalue weighted by Gasteiger charge is -2.31. The minimum Gasteiger partial charge on any atom is -0.375 e. The summed E-state index contributed by atoms with van der Waals surface area (Å²) in [7, 11) is 1.78. The normalized spacial score (nSPS) is 20.1. The van der Waals surface area contributed by atoms with Crippen molar-refractivity contribution in [2.75, 3.05) is 31.2 Å². The summed E-state index contributed by atoms with van der Waals surface area (Å²) in [4.78, 5) is 13.8. The third-order valence-electron chi connectivity index (χ3n) is 2.79. The standard InChI is InChI=1S/C10H17N5O2S/c1-7-5-15(3-4-17-7)8(16)6-18-10-13-12-9(11)14(10)2/h7H,3-6H2,1-2H3,(H2,11,12). The molecule has 0 aromatic carbocycles. The molecule has 0 radical (unpaired) electrons. The summed E-state index contributed by atoms with van der Waals surface area (Å²) in [5.41, 5.74) is 5.57. The van der Waals surface area contributed by atoms with Crippen molar-refractivity contribution >= 4 is 23.6 Å². The second kappa shape index (κ2) is 5.57. The molecule has 0 spiro atoms. The Kier molecular flexibility index (Phi) is 4.07. The molecule has 2 N–H and O–H groups in total. The van der Waals surface area contributed by atoms with E-state index in [1.807, 2.05) is 11.8 Å². The molecule has 1 fully saturated rings. The number of amides is 1. The van der Waals surface area contributed by atoms with E-state index in [9.17, 15) is 4.79 Å². The van der Waals surface area contributed by atoms with E-state index in [4.69, 9.17) is 10.5 Å². The van der Waals surface area contributed by atoms with Gasteiger partial charge in [0.25, 0.3) is 0 Å². The largest absolute Gasteiger partial charge is 0.375 e. The number of hydrogen-bond donors (Lipinski definition) is 1. The van der Waals surface area contributed by atoms with Crippen LogP contribution in [0.1, 0.15) is 6.92 Å². The smallest absolute Gasteiger partial charge is 0.233 e. The van der Waals surface area contributed by atoms with Crippen molar-refractivity contribution < 1.29 is 9.53 Å². The zero-order valence-corrected chi connectivity index (χ0v) is 11.3. The van der Waals surface area contributed by atoms with E-state index in [1.54, 1.807) is 11.6 Å². The molecule has 0 bridgehead atoms. The fourth-order valence-electron chi connectivity index (χ4n) is 1.71. The maximum absolute atomic E-state index is 12.0. The van der Waals surface area contributed by atoms with Gasteiger partial charge in [0.2, 0.25) is 11.9 Å². The highest BCUT2D eigenvalue weighted by molar-refractivity contribution is 7.99. The lowest BCUT2D eigenvalue weighted by Crippen LogP contribution is -2.45. The van der Waals surface area contributed by atoms with Gasteiger partial charge >= 0.3 is 0 Å². The predicted octanol–water partition coefficient (Wildman–Crippen LogP) is -0.263. The number of ether oxygens (including phenoxy) is 1. The minimum absolute atomic E-state index is 0.0942. The zero-order chi connectivity index (χ0) is 13.1. The summed E-state index contributed by atoms with van der Waals surface area (Å²) in [6, 6.07) is 0. The predicted molar refractivity (Wildman–Crippen MR) is 68.1 cm³/mol. The summed E-state index contributed by atoms with van der Waals surface area (Å²) in [6.45, 7) is 3.88. The molecule has 8 heteroatoms. The van der Waals surface area contributed by atoms with Gasteiger partial charge in [0.1, 0.15) is 0 Å². The van der Waals surface area contributed by atoms with Crippen molar-refractivity contribution in [1.29, 1.82) is 0 Å². The maximum atomic E-state index is 12.0. The fraction of sp³-hybridized carbons (Fsp3) is 0.700. The van der Waals surface area contributed by atoms with E-state index in [2.05, 4.69) is 10.2 Å². The van der Waals surface area contributed by atoms with Crippen LogP contribution in [0.5, 0.6) is 0 Å². The van der Waals surface area contributed by atoms with Gasteiger partial charge < -0.3 is 15.4 Å². The van der Waals surface area contributed by atoms with Crippen molar-refractivity contribution in [3.8, 4) is 0 Å². The van der Waals surface area contributed by atoms with Gasteiger partial charge in [0, 0.05) is 20.1 Å². The molecule has 2 rings (SSSR count). The first-order valence-electron chi connectivity index (χ1n) is 5.75. The first-order valence-corrected chi connectivity index (χ1v) is 6.73. The van der Waals surface area contributed by atoms with Crippen LogP contribution in [0.3, 0.4) is 0 Å². The molecule has 1 aromatic rings. The van der Waals surface area contributed by atoms with Gasteiger partial charge in [0.15, 0.2) is 5.16 Å². The van der Waals surface area contributed by atoms with Crippen LogP contribution in [0, 0.1) is 0 Å². The summed E-state index contributed by atoms with van der Waals surface area (Å²) >= 11 is 1.35. The van der Waals surface area contributed by atoms with E-state index in [1.165, 1.54) is 11.8 Å². The molecule has 1 aromatic heterocycles. The molecular weight excluding hydrogens is 254 g/mol. The highest BCUT2D eigenvalue weighted by atomic mass is 32.2. The molecule has 1 unspecified atom stereocenters. The second-order valence-electron chi connectivity index (χ2n) is 4.21. The van der Waals surface area contributed by atoms with Crippen LogP contribution < -0.4 is 5.73 Å². The van der Waals surface area contributed by atoms with Crippen LogP contribution in [-0.2, 0) is 16.6 Å². The van der Waals surface area contributed by atoms with E-state index in [0.717, 1.165) is 0 Å². The van der Waals surface area contributed by atoms with Gasteiger partial charge in [-0.15, -0.1) is 10.2 Å². The Hall–Kier alpha value is -1.28. The summed E-state index contributed by atoms with van der Waals surface area (Å²) < 4.78 is 7.07. The van der Waals surface area contributed by atoms with Gasteiger partial charge in [-0.3, -0.25) is 9.36 Å². The number of hydrogen-bond acceptors (Lipinski definition) is 6. The lowest BCUT2D eigenvalue weighted by molar-refractivity contribution is -0.135. The number of anilines is 1. The number of nitrogens with zero attached hydrogens (tertiary/aromatic N) is 4. The topological polar surface area (TPSA) is 86.3 Å². The molecule has 1 aliphatic rings. The number of nitrogen functional groups attached to an aromatic ring is 1. The summed E-state index contributed by atoms with van der Waals surface area (Å²) in [5, 5.41) is 8.30.